The Labute approximate surface area is 185 Å². The lowest BCUT2D eigenvalue weighted by Gasteiger charge is -2.53. The fourth-order valence-electron chi connectivity index (χ4n) is 6.62. The largest absolute Gasteiger partial charge is 0.376 e. The Kier molecular flexibility index (Phi) is 9.97. The summed E-state index contributed by atoms with van der Waals surface area (Å²) in [4.78, 5) is 0. The van der Waals surface area contributed by atoms with Crippen molar-refractivity contribution in [1.29, 1.82) is 0 Å². The van der Waals surface area contributed by atoms with Gasteiger partial charge in [-0.05, 0) is 89.8 Å². The smallest absolute Gasteiger partial charge is 0.129 e. The summed E-state index contributed by atoms with van der Waals surface area (Å²) in [5.41, 5.74) is 1.18. The fourth-order valence-corrected chi connectivity index (χ4v) is 13.7. The summed E-state index contributed by atoms with van der Waals surface area (Å²) in [6.07, 6.45) is 5.27. The predicted octanol–water partition coefficient (Wildman–Crippen LogP) is 7.99. The van der Waals surface area contributed by atoms with E-state index in [9.17, 15) is 0 Å². The van der Waals surface area contributed by atoms with E-state index in [2.05, 4.69) is 87.3 Å². The van der Waals surface area contributed by atoms with E-state index in [1.54, 1.807) is 0 Å². The highest BCUT2D eigenvalue weighted by molar-refractivity contribution is 6.77. The minimum Gasteiger partial charge on any atom is -0.376 e. The normalized spacial score (nSPS) is 30.7. The molecule has 0 heterocycles. The standard InChI is InChI=1S/C26H55NOSi/c1-13-27(25(6,7)8)29(12,24-22(4)20(2)21(3)23(24)5)19-17-15-14-16-18-28-26(9,10)11/h20-24H,13-19H2,1-12H3/t20?,21?,22?,23?,24?,29-/m1/s1. The second-order valence-corrected chi connectivity index (χ2v) is 16.8. The number of nitrogens with zero attached hydrogens (tertiary/aromatic N) is 1. The minimum atomic E-state index is -1.59. The van der Waals surface area contributed by atoms with Gasteiger partial charge in [0.05, 0.1) is 5.60 Å². The molecular weight excluding hydrogens is 370 g/mol. The zero-order valence-corrected chi connectivity index (χ0v) is 23.2. The van der Waals surface area contributed by atoms with Gasteiger partial charge in [0.25, 0.3) is 0 Å². The molecule has 0 aromatic rings. The molecule has 0 N–H and O–H groups in total. The van der Waals surface area contributed by atoms with Crippen molar-refractivity contribution in [3.63, 3.8) is 0 Å². The van der Waals surface area contributed by atoms with Crippen LogP contribution in [0.1, 0.15) is 102 Å². The molecule has 0 aliphatic heterocycles. The SMILES string of the molecule is CCN(C(C)(C)C)[Si@](C)(CCCCCCOC(C)(C)C)C1C(C)C(C)C(C)C1C. The van der Waals surface area contributed by atoms with Gasteiger partial charge >= 0.3 is 0 Å². The maximum absolute atomic E-state index is 5.91. The molecule has 0 radical (unpaired) electrons. The first-order chi connectivity index (χ1) is 13.2. The Morgan fingerprint density at radius 2 is 1.24 bits per heavy atom. The molecule has 0 aromatic carbocycles. The van der Waals surface area contributed by atoms with Crippen molar-refractivity contribution in [2.24, 2.45) is 23.7 Å². The Bertz CT molecular complexity index is 466. The number of hydrogen-bond acceptors (Lipinski definition) is 2. The molecule has 0 spiro atoms. The van der Waals surface area contributed by atoms with Crippen LogP contribution in [0.25, 0.3) is 0 Å². The molecular formula is C26H55NOSi. The Hall–Kier alpha value is 0.137. The highest BCUT2D eigenvalue weighted by atomic mass is 28.3. The predicted molar refractivity (Wildman–Crippen MR) is 133 cm³/mol. The molecule has 1 aliphatic rings. The molecule has 1 fully saturated rings. The van der Waals surface area contributed by atoms with Crippen molar-refractivity contribution < 1.29 is 4.74 Å². The summed E-state index contributed by atoms with van der Waals surface area (Å²) in [5, 5.41) is 0. The summed E-state index contributed by atoms with van der Waals surface area (Å²) >= 11 is 0. The third-order valence-electron chi connectivity index (χ3n) is 8.19. The maximum Gasteiger partial charge on any atom is 0.129 e. The number of rotatable bonds is 10. The Morgan fingerprint density at radius 1 is 0.759 bits per heavy atom. The van der Waals surface area contributed by atoms with Crippen LogP contribution in [0.4, 0.5) is 0 Å². The zero-order chi connectivity index (χ0) is 22.6. The first kappa shape index (κ1) is 27.2. The van der Waals surface area contributed by atoms with E-state index in [4.69, 9.17) is 4.74 Å². The first-order valence-corrected chi connectivity index (χ1v) is 15.3. The Morgan fingerprint density at radius 3 is 1.66 bits per heavy atom. The van der Waals surface area contributed by atoms with Crippen LogP contribution in [0.15, 0.2) is 0 Å². The van der Waals surface area contributed by atoms with Crippen LogP contribution < -0.4 is 0 Å². The highest BCUT2D eigenvalue weighted by Gasteiger charge is 2.54. The minimum absolute atomic E-state index is 0.00194. The van der Waals surface area contributed by atoms with Gasteiger partial charge in [-0.25, -0.2) is 0 Å². The van der Waals surface area contributed by atoms with Gasteiger partial charge in [0.2, 0.25) is 0 Å². The lowest BCUT2D eigenvalue weighted by Crippen LogP contribution is -2.62. The molecule has 0 amide bonds. The summed E-state index contributed by atoms with van der Waals surface area (Å²) < 4.78 is 8.89. The van der Waals surface area contributed by atoms with Gasteiger partial charge in [-0.2, -0.15) is 0 Å². The maximum atomic E-state index is 5.91. The number of unbranched alkanes of at least 4 members (excludes halogenated alkanes) is 3. The molecule has 1 saturated carbocycles. The van der Waals surface area contributed by atoms with E-state index in [0.717, 1.165) is 35.8 Å². The van der Waals surface area contributed by atoms with Crippen LogP contribution in [-0.2, 0) is 4.74 Å². The quantitative estimate of drug-likeness (QED) is 0.260. The van der Waals surface area contributed by atoms with Crippen LogP contribution in [0.2, 0.25) is 18.1 Å². The third kappa shape index (κ3) is 7.07. The summed E-state index contributed by atoms with van der Waals surface area (Å²) in [5.74, 6) is 3.42. The van der Waals surface area contributed by atoms with Crippen molar-refractivity contribution in [3.05, 3.63) is 0 Å². The third-order valence-corrected chi connectivity index (χ3v) is 14.3. The molecule has 2 nitrogen and oxygen atoms in total. The van der Waals surface area contributed by atoms with Gasteiger partial charge in [0.15, 0.2) is 0 Å². The average Bonchev–Trinajstić information content (AvgIpc) is 2.76. The van der Waals surface area contributed by atoms with Crippen LogP contribution in [0.5, 0.6) is 0 Å². The molecule has 4 unspecified atom stereocenters. The molecule has 0 aromatic heterocycles. The van der Waals surface area contributed by atoms with E-state index in [1.165, 1.54) is 38.3 Å². The molecule has 174 valence electrons. The second kappa shape index (κ2) is 10.6. The van der Waals surface area contributed by atoms with Gasteiger partial charge in [0, 0.05) is 12.1 Å². The van der Waals surface area contributed by atoms with Crippen molar-refractivity contribution in [1.82, 2.24) is 4.57 Å². The van der Waals surface area contributed by atoms with Crippen molar-refractivity contribution in [2.45, 2.75) is 131 Å². The van der Waals surface area contributed by atoms with Crippen molar-refractivity contribution >= 4 is 8.24 Å². The van der Waals surface area contributed by atoms with Gasteiger partial charge in [-0.15, -0.1) is 0 Å². The fraction of sp³-hybridized carbons (Fsp3) is 1.00. The summed E-state index contributed by atoms with van der Waals surface area (Å²) in [6, 6.07) is 1.46. The summed E-state index contributed by atoms with van der Waals surface area (Å²) in [7, 11) is -1.59. The van der Waals surface area contributed by atoms with Gasteiger partial charge in [-0.1, -0.05) is 60.4 Å². The topological polar surface area (TPSA) is 12.5 Å². The van der Waals surface area contributed by atoms with E-state index >= 15 is 0 Å². The molecule has 3 heteroatoms. The van der Waals surface area contributed by atoms with Crippen LogP contribution in [0.3, 0.4) is 0 Å². The monoisotopic (exact) mass is 425 g/mol. The average molecular weight is 426 g/mol. The van der Waals surface area contributed by atoms with Crippen LogP contribution in [-0.4, -0.2) is 37.1 Å². The Balaban J connectivity index is 2.85. The lowest BCUT2D eigenvalue weighted by molar-refractivity contribution is -0.00471. The molecule has 1 aliphatic carbocycles. The molecule has 0 saturated heterocycles. The highest BCUT2D eigenvalue weighted by Crippen LogP contribution is 2.56. The van der Waals surface area contributed by atoms with Gasteiger partial charge in [-0.3, -0.25) is 0 Å². The van der Waals surface area contributed by atoms with Crippen molar-refractivity contribution in [3.8, 4) is 0 Å². The first-order valence-electron chi connectivity index (χ1n) is 12.6. The molecule has 5 atom stereocenters. The second-order valence-electron chi connectivity index (χ2n) is 12.4. The van der Waals surface area contributed by atoms with E-state index < -0.39 is 8.24 Å². The number of hydrogen-bond donors (Lipinski definition) is 0. The van der Waals surface area contributed by atoms with E-state index in [1.807, 2.05) is 0 Å². The molecule has 0 bridgehead atoms. The van der Waals surface area contributed by atoms with Gasteiger partial charge < -0.3 is 9.30 Å². The van der Waals surface area contributed by atoms with Crippen LogP contribution in [0, 0.1) is 23.7 Å². The van der Waals surface area contributed by atoms with E-state index in [0.29, 0.717) is 0 Å². The zero-order valence-electron chi connectivity index (χ0n) is 22.2. The van der Waals surface area contributed by atoms with Gasteiger partial charge in [0.1, 0.15) is 8.24 Å². The van der Waals surface area contributed by atoms with E-state index in [-0.39, 0.29) is 11.1 Å². The van der Waals surface area contributed by atoms with Crippen molar-refractivity contribution in [2.75, 3.05) is 13.2 Å². The summed E-state index contributed by atoms with van der Waals surface area (Å²) in [6.45, 7) is 31.2. The molecule has 29 heavy (non-hydrogen) atoms. The number of ether oxygens (including phenoxy) is 1. The van der Waals surface area contributed by atoms with Crippen LogP contribution >= 0.6 is 0 Å². The molecule has 1 rings (SSSR count). The lowest BCUT2D eigenvalue weighted by atomic mass is 9.92.